The number of hydrogen-bond donors (Lipinski definition) is 2. The highest BCUT2D eigenvalue weighted by molar-refractivity contribution is 6.30. The van der Waals surface area contributed by atoms with Gasteiger partial charge >= 0.3 is 0 Å². The van der Waals surface area contributed by atoms with Crippen LogP contribution in [0.15, 0.2) is 23.1 Å². The summed E-state index contributed by atoms with van der Waals surface area (Å²) < 4.78 is 12.4. The summed E-state index contributed by atoms with van der Waals surface area (Å²) in [6.07, 6.45) is 2.59. The van der Waals surface area contributed by atoms with Gasteiger partial charge in [-0.1, -0.05) is 11.6 Å². The van der Waals surface area contributed by atoms with Crippen LogP contribution >= 0.6 is 11.6 Å². The Morgan fingerprint density at radius 3 is 3.00 bits per heavy atom. The van der Waals surface area contributed by atoms with Crippen molar-refractivity contribution in [1.82, 2.24) is 34.7 Å². The number of hydrogen-bond acceptors (Lipinski definition) is 10. The number of nitrogens with one attached hydrogen (secondary N) is 1. The highest BCUT2D eigenvalue weighted by Crippen LogP contribution is 2.28. The molecule has 11 nitrogen and oxygen atoms in total. The van der Waals surface area contributed by atoms with Gasteiger partial charge in [0.05, 0.1) is 38.1 Å². The van der Waals surface area contributed by atoms with Crippen molar-refractivity contribution < 1.29 is 14.6 Å². The van der Waals surface area contributed by atoms with Crippen LogP contribution in [-0.4, -0.2) is 80.5 Å². The molecule has 186 valence electrons. The molecule has 1 unspecified atom stereocenters. The van der Waals surface area contributed by atoms with Gasteiger partial charge < -0.3 is 19.9 Å². The number of methoxy groups -OCH3 is 1. The van der Waals surface area contributed by atoms with Crippen molar-refractivity contribution >= 4 is 22.8 Å². The molecule has 12 heteroatoms. The van der Waals surface area contributed by atoms with Gasteiger partial charge in [-0.05, 0) is 18.9 Å². The molecular formula is C23H28ClN7O4. The summed E-state index contributed by atoms with van der Waals surface area (Å²) in [6.45, 7) is 3.97. The molecule has 1 saturated heterocycles. The van der Waals surface area contributed by atoms with E-state index in [1.807, 2.05) is 0 Å². The van der Waals surface area contributed by atoms with Crippen molar-refractivity contribution in [2.75, 3.05) is 39.9 Å². The van der Waals surface area contributed by atoms with Gasteiger partial charge in [0, 0.05) is 44.7 Å². The Labute approximate surface area is 207 Å². The second-order valence-electron chi connectivity index (χ2n) is 8.83. The predicted molar refractivity (Wildman–Crippen MR) is 129 cm³/mol. The van der Waals surface area contributed by atoms with Gasteiger partial charge in [0.15, 0.2) is 5.65 Å². The lowest BCUT2D eigenvalue weighted by Gasteiger charge is -2.18. The van der Waals surface area contributed by atoms with Crippen LogP contribution in [0.25, 0.3) is 11.2 Å². The van der Waals surface area contributed by atoms with Crippen LogP contribution in [-0.2, 0) is 19.5 Å². The SMILES string of the molecule is COc1ccc2ncc(=O)n(CCN3CC(O)[C@@H](CNCc4nc(Cl)c5c(n4)OCCC5)C3)c2n1. The smallest absolute Gasteiger partial charge is 0.270 e. The van der Waals surface area contributed by atoms with E-state index in [0.717, 1.165) is 18.4 Å². The van der Waals surface area contributed by atoms with E-state index in [4.69, 9.17) is 21.1 Å². The maximum absolute atomic E-state index is 12.5. The molecule has 0 amide bonds. The van der Waals surface area contributed by atoms with Crippen molar-refractivity contribution in [3.63, 3.8) is 0 Å². The van der Waals surface area contributed by atoms with Crippen LogP contribution < -0.4 is 20.3 Å². The average Bonchev–Trinajstić information content (AvgIpc) is 3.22. The Morgan fingerprint density at radius 1 is 1.26 bits per heavy atom. The zero-order valence-corrected chi connectivity index (χ0v) is 20.2. The molecule has 0 aliphatic carbocycles. The van der Waals surface area contributed by atoms with E-state index >= 15 is 0 Å². The molecule has 3 aromatic rings. The van der Waals surface area contributed by atoms with Gasteiger partial charge in [-0.15, -0.1) is 0 Å². The number of aliphatic hydroxyl groups is 1. The van der Waals surface area contributed by atoms with Crippen molar-refractivity contribution in [3.8, 4) is 11.8 Å². The second-order valence-corrected chi connectivity index (χ2v) is 9.19. The number of fused-ring (bicyclic) bond motifs is 2. The number of aliphatic hydroxyl groups excluding tert-OH is 1. The minimum Gasteiger partial charge on any atom is -0.481 e. The van der Waals surface area contributed by atoms with E-state index in [1.54, 1.807) is 16.7 Å². The first-order valence-electron chi connectivity index (χ1n) is 11.7. The predicted octanol–water partition coefficient (Wildman–Crippen LogP) is 0.651. The number of pyridine rings is 1. The highest BCUT2D eigenvalue weighted by Gasteiger charge is 2.31. The van der Waals surface area contributed by atoms with E-state index in [9.17, 15) is 9.90 Å². The number of β-amino-alcohol motifs (C(OH)–C–C–N with tert-alkyl or cyclic N) is 1. The fraction of sp³-hybridized carbons (Fsp3) is 0.522. The second kappa shape index (κ2) is 10.4. The number of likely N-dealkylation sites (tertiary alicyclic amines) is 1. The lowest BCUT2D eigenvalue weighted by molar-refractivity contribution is 0.140. The third-order valence-electron chi connectivity index (χ3n) is 6.46. The number of rotatable bonds is 8. The van der Waals surface area contributed by atoms with E-state index in [-0.39, 0.29) is 11.5 Å². The minimum absolute atomic E-state index is 0.0449. The average molecular weight is 502 g/mol. The molecule has 35 heavy (non-hydrogen) atoms. The van der Waals surface area contributed by atoms with Crippen LogP contribution in [0.1, 0.15) is 17.8 Å². The summed E-state index contributed by atoms with van der Waals surface area (Å²) in [5.41, 5.74) is 1.77. The number of halogens is 1. The summed E-state index contributed by atoms with van der Waals surface area (Å²) in [5.74, 6) is 1.62. The molecule has 0 radical (unpaired) electrons. The molecule has 0 spiro atoms. The van der Waals surface area contributed by atoms with Gasteiger partial charge in [-0.25, -0.2) is 9.97 Å². The monoisotopic (exact) mass is 501 g/mol. The summed E-state index contributed by atoms with van der Waals surface area (Å²) in [6, 6.07) is 3.50. The van der Waals surface area contributed by atoms with Crippen LogP contribution in [0.2, 0.25) is 5.15 Å². The van der Waals surface area contributed by atoms with Crippen LogP contribution in [0, 0.1) is 5.92 Å². The summed E-state index contributed by atoms with van der Waals surface area (Å²) in [5, 5.41) is 14.4. The summed E-state index contributed by atoms with van der Waals surface area (Å²) in [7, 11) is 1.53. The fourth-order valence-electron chi connectivity index (χ4n) is 4.59. The molecular weight excluding hydrogens is 474 g/mol. The quantitative estimate of drug-likeness (QED) is 0.424. The largest absolute Gasteiger partial charge is 0.481 e. The van der Waals surface area contributed by atoms with Gasteiger partial charge in [0.2, 0.25) is 11.8 Å². The van der Waals surface area contributed by atoms with Crippen molar-refractivity contribution in [3.05, 3.63) is 45.2 Å². The normalized spacial score (nSPS) is 20.1. The molecule has 2 aliphatic heterocycles. The minimum atomic E-state index is -0.469. The van der Waals surface area contributed by atoms with Crippen molar-refractivity contribution in [2.24, 2.45) is 5.92 Å². The molecule has 2 atom stereocenters. The number of nitrogens with zero attached hydrogens (tertiary/aromatic N) is 6. The molecule has 1 fully saturated rings. The lowest BCUT2D eigenvalue weighted by atomic mass is 10.1. The van der Waals surface area contributed by atoms with Gasteiger partial charge in [-0.2, -0.15) is 9.97 Å². The van der Waals surface area contributed by atoms with Crippen LogP contribution in [0.4, 0.5) is 0 Å². The first-order chi connectivity index (χ1) is 17.0. The topological polar surface area (TPSA) is 128 Å². The van der Waals surface area contributed by atoms with E-state index in [2.05, 4.69) is 30.2 Å². The number of ether oxygens (including phenoxy) is 2. The molecule has 0 aromatic carbocycles. The lowest BCUT2D eigenvalue weighted by Crippen LogP contribution is -2.32. The molecule has 2 aliphatic rings. The molecule has 0 saturated carbocycles. The standard InChI is InChI=1S/C23H28ClN7O4/c1-34-19-5-4-16-22(29-19)31(20(33)11-26-16)7-6-30-12-14(17(32)13-30)9-25-10-18-27-21(24)15-3-2-8-35-23(15)28-18/h4-5,11,14,17,25,32H,2-3,6-10,12-13H2,1H3/t14-,17?/m0/s1. The third-order valence-corrected chi connectivity index (χ3v) is 6.77. The zero-order valence-electron chi connectivity index (χ0n) is 19.5. The van der Waals surface area contributed by atoms with E-state index < -0.39 is 6.10 Å². The van der Waals surface area contributed by atoms with E-state index in [0.29, 0.717) is 79.8 Å². The molecule has 0 bridgehead atoms. The Balaban J connectivity index is 1.17. The first-order valence-corrected chi connectivity index (χ1v) is 12.1. The Kier molecular flexibility index (Phi) is 7.09. The summed E-state index contributed by atoms with van der Waals surface area (Å²) in [4.78, 5) is 32.0. The maximum atomic E-state index is 12.5. The molecule has 2 N–H and O–H groups in total. The van der Waals surface area contributed by atoms with Gasteiger partial charge in [0.25, 0.3) is 5.56 Å². The summed E-state index contributed by atoms with van der Waals surface area (Å²) >= 11 is 6.30. The molecule has 5 heterocycles. The Bertz CT molecular complexity index is 1270. The molecule has 3 aromatic heterocycles. The third kappa shape index (κ3) is 5.22. The zero-order chi connectivity index (χ0) is 24.4. The van der Waals surface area contributed by atoms with Gasteiger partial charge in [-0.3, -0.25) is 14.3 Å². The van der Waals surface area contributed by atoms with Gasteiger partial charge in [0.1, 0.15) is 16.5 Å². The Morgan fingerprint density at radius 2 is 2.14 bits per heavy atom. The maximum Gasteiger partial charge on any atom is 0.270 e. The van der Waals surface area contributed by atoms with Crippen LogP contribution in [0.5, 0.6) is 11.8 Å². The van der Waals surface area contributed by atoms with Crippen molar-refractivity contribution in [2.45, 2.75) is 32.0 Å². The van der Waals surface area contributed by atoms with Crippen LogP contribution in [0.3, 0.4) is 0 Å². The van der Waals surface area contributed by atoms with E-state index in [1.165, 1.54) is 13.3 Å². The fourth-order valence-corrected chi connectivity index (χ4v) is 4.87. The van der Waals surface area contributed by atoms with Crippen molar-refractivity contribution in [1.29, 1.82) is 0 Å². The molecule has 5 rings (SSSR count). The first kappa shape index (κ1) is 23.9. The highest BCUT2D eigenvalue weighted by atomic mass is 35.5. The Hall–Kier alpha value is -2.86. The number of aromatic nitrogens is 5.